The maximum Gasteiger partial charge on any atom is 0.225 e. The van der Waals surface area contributed by atoms with Crippen LogP contribution in [0.15, 0.2) is 46.2 Å². The van der Waals surface area contributed by atoms with Crippen LogP contribution in [0, 0.1) is 6.92 Å². The zero-order chi connectivity index (χ0) is 14.5. The number of halogens is 1. The first-order valence-corrected chi connectivity index (χ1v) is 6.72. The molecule has 1 heterocycles. The molecular formula is C14H14BrN3O2. The molecule has 0 amide bonds. The summed E-state index contributed by atoms with van der Waals surface area (Å²) >= 11 is 3.41. The highest BCUT2D eigenvalue weighted by molar-refractivity contribution is 9.10. The van der Waals surface area contributed by atoms with Gasteiger partial charge in [0.1, 0.15) is 6.61 Å². The molecule has 3 N–H and O–H groups in total. The minimum Gasteiger partial charge on any atom is -0.472 e. The molecule has 5 nitrogen and oxygen atoms in total. The van der Waals surface area contributed by atoms with Gasteiger partial charge in [-0.05, 0) is 36.2 Å². The summed E-state index contributed by atoms with van der Waals surface area (Å²) in [6.45, 7) is 2.20. The van der Waals surface area contributed by atoms with Crippen LogP contribution in [0.1, 0.15) is 16.7 Å². The van der Waals surface area contributed by atoms with Gasteiger partial charge < -0.3 is 15.7 Å². The number of amidine groups is 1. The Morgan fingerprint density at radius 2 is 2.25 bits per heavy atom. The predicted molar refractivity (Wildman–Crippen MR) is 80.0 cm³/mol. The Balaban J connectivity index is 2.24. The highest BCUT2D eigenvalue weighted by Crippen LogP contribution is 2.20. The van der Waals surface area contributed by atoms with Gasteiger partial charge in [-0.3, -0.25) is 0 Å². The van der Waals surface area contributed by atoms with E-state index in [0.717, 1.165) is 15.6 Å². The standard InChI is InChI=1S/C14H14BrN3O2/c1-9-5-6-17-14(12(9)13(16)18-19)20-8-10-3-2-4-11(15)7-10/h2-7,19H,8H2,1H3,(H2,16,18). The fraction of sp³-hybridized carbons (Fsp3) is 0.143. The molecular weight excluding hydrogens is 322 g/mol. The van der Waals surface area contributed by atoms with Gasteiger partial charge >= 0.3 is 0 Å². The van der Waals surface area contributed by atoms with E-state index in [0.29, 0.717) is 18.1 Å². The average molecular weight is 336 g/mol. The number of hydrogen-bond acceptors (Lipinski definition) is 4. The van der Waals surface area contributed by atoms with Crippen molar-refractivity contribution in [1.82, 2.24) is 4.98 Å². The van der Waals surface area contributed by atoms with Gasteiger partial charge in [0.2, 0.25) is 5.88 Å². The number of aromatic nitrogens is 1. The summed E-state index contributed by atoms with van der Waals surface area (Å²) in [5, 5.41) is 11.8. The zero-order valence-corrected chi connectivity index (χ0v) is 12.5. The lowest BCUT2D eigenvalue weighted by atomic mass is 10.1. The van der Waals surface area contributed by atoms with Crippen LogP contribution in [0.3, 0.4) is 0 Å². The van der Waals surface area contributed by atoms with Crippen molar-refractivity contribution in [2.24, 2.45) is 10.9 Å². The third-order valence-corrected chi connectivity index (χ3v) is 3.25. The number of oxime groups is 1. The van der Waals surface area contributed by atoms with Gasteiger partial charge in [0.15, 0.2) is 5.84 Å². The molecule has 20 heavy (non-hydrogen) atoms. The van der Waals surface area contributed by atoms with Gasteiger partial charge in [-0.2, -0.15) is 0 Å². The molecule has 0 fully saturated rings. The number of ether oxygens (including phenoxy) is 1. The van der Waals surface area contributed by atoms with Crippen LogP contribution in [0.5, 0.6) is 5.88 Å². The molecule has 0 aliphatic rings. The third kappa shape index (κ3) is 3.27. The van der Waals surface area contributed by atoms with Crippen molar-refractivity contribution in [2.45, 2.75) is 13.5 Å². The molecule has 0 unspecified atom stereocenters. The molecule has 0 bridgehead atoms. The molecule has 0 aliphatic heterocycles. The van der Waals surface area contributed by atoms with Crippen LogP contribution in [-0.2, 0) is 6.61 Å². The van der Waals surface area contributed by atoms with E-state index in [4.69, 9.17) is 15.7 Å². The average Bonchev–Trinajstić information content (AvgIpc) is 2.44. The molecule has 0 atom stereocenters. The van der Waals surface area contributed by atoms with Gasteiger partial charge in [-0.15, -0.1) is 0 Å². The highest BCUT2D eigenvalue weighted by Gasteiger charge is 2.13. The summed E-state index contributed by atoms with van der Waals surface area (Å²) in [6, 6.07) is 9.55. The van der Waals surface area contributed by atoms with Crippen LogP contribution >= 0.6 is 15.9 Å². The van der Waals surface area contributed by atoms with E-state index in [1.165, 1.54) is 0 Å². The lowest BCUT2D eigenvalue weighted by Gasteiger charge is -2.11. The normalized spacial score (nSPS) is 11.4. The molecule has 0 saturated heterocycles. The number of nitrogens with two attached hydrogens (primary N) is 1. The van der Waals surface area contributed by atoms with Crippen LogP contribution in [0.2, 0.25) is 0 Å². The number of hydrogen-bond donors (Lipinski definition) is 2. The zero-order valence-electron chi connectivity index (χ0n) is 10.9. The first kappa shape index (κ1) is 14.3. The predicted octanol–water partition coefficient (Wildman–Crippen LogP) is 2.83. The van der Waals surface area contributed by atoms with E-state index in [1.807, 2.05) is 31.2 Å². The van der Waals surface area contributed by atoms with E-state index < -0.39 is 0 Å². The monoisotopic (exact) mass is 335 g/mol. The first-order chi connectivity index (χ1) is 9.61. The van der Waals surface area contributed by atoms with Gasteiger partial charge in [-0.25, -0.2) is 4.98 Å². The molecule has 0 spiro atoms. The Labute approximate surface area is 125 Å². The number of aryl methyl sites for hydroxylation is 1. The summed E-state index contributed by atoms with van der Waals surface area (Å²) in [5.41, 5.74) is 7.99. The van der Waals surface area contributed by atoms with E-state index in [-0.39, 0.29) is 5.84 Å². The summed E-state index contributed by atoms with van der Waals surface area (Å²) < 4.78 is 6.66. The van der Waals surface area contributed by atoms with Crippen LogP contribution in [0.4, 0.5) is 0 Å². The van der Waals surface area contributed by atoms with Crippen molar-refractivity contribution in [3.63, 3.8) is 0 Å². The van der Waals surface area contributed by atoms with E-state index in [2.05, 4.69) is 26.1 Å². The third-order valence-electron chi connectivity index (χ3n) is 2.75. The van der Waals surface area contributed by atoms with Crippen molar-refractivity contribution in [2.75, 3.05) is 0 Å². The Bertz CT molecular complexity index is 644. The molecule has 2 rings (SSSR count). The molecule has 0 radical (unpaired) electrons. The van der Waals surface area contributed by atoms with Gasteiger partial charge in [0, 0.05) is 10.7 Å². The molecule has 1 aromatic heterocycles. The van der Waals surface area contributed by atoms with E-state index >= 15 is 0 Å². The first-order valence-electron chi connectivity index (χ1n) is 5.92. The second-order valence-corrected chi connectivity index (χ2v) is 5.13. The number of benzene rings is 1. The summed E-state index contributed by atoms with van der Waals surface area (Å²) in [4.78, 5) is 4.14. The van der Waals surface area contributed by atoms with Crippen LogP contribution in [-0.4, -0.2) is 16.0 Å². The highest BCUT2D eigenvalue weighted by atomic mass is 79.9. The Morgan fingerprint density at radius 3 is 2.95 bits per heavy atom. The lowest BCUT2D eigenvalue weighted by molar-refractivity contribution is 0.291. The van der Waals surface area contributed by atoms with Crippen LogP contribution in [0.25, 0.3) is 0 Å². The molecule has 104 valence electrons. The van der Waals surface area contributed by atoms with Gasteiger partial charge in [0.05, 0.1) is 5.56 Å². The molecule has 1 aromatic carbocycles. The molecule has 0 aliphatic carbocycles. The smallest absolute Gasteiger partial charge is 0.225 e. The second-order valence-electron chi connectivity index (χ2n) is 4.21. The number of pyridine rings is 1. The summed E-state index contributed by atoms with van der Waals surface area (Å²) in [5.74, 6) is 0.333. The Hall–Kier alpha value is -2.08. The van der Waals surface area contributed by atoms with Gasteiger partial charge in [0.25, 0.3) is 0 Å². The van der Waals surface area contributed by atoms with E-state index in [1.54, 1.807) is 12.3 Å². The maximum absolute atomic E-state index is 8.83. The second kappa shape index (κ2) is 6.38. The SMILES string of the molecule is Cc1ccnc(OCc2cccc(Br)c2)c1/C(N)=N/O. The summed E-state index contributed by atoms with van der Waals surface area (Å²) in [6.07, 6.45) is 1.62. The fourth-order valence-corrected chi connectivity index (χ4v) is 2.23. The number of nitrogens with zero attached hydrogens (tertiary/aromatic N) is 2. The van der Waals surface area contributed by atoms with Crippen LogP contribution < -0.4 is 10.5 Å². The van der Waals surface area contributed by atoms with Crippen molar-refractivity contribution >= 4 is 21.8 Å². The largest absolute Gasteiger partial charge is 0.472 e. The number of rotatable bonds is 4. The molecule has 6 heteroatoms. The molecule has 0 saturated carbocycles. The minimum absolute atomic E-state index is 0.0140. The van der Waals surface area contributed by atoms with Crippen molar-refractivity contribution in [1.29, 1.82) is 0 Å². The van der Waals surface area contributed by atoms with E-state index in [9.17, 15) is 0 Å². The molecule has 2 aromatic rings. The minimum atomic E-state index is -0.0140. The fourth-order valence-electron chi connectivity index (χ4n) is 1.78. The van der Waals surface area contributed by atoms with Crippen molar-refractivity contribution in [3.8, 4) is 5.88 Å². The topological polar surface area (TPSA) is 80.7 Å². The Kier molecular flexibility index (Phi) is 4.57. The quantitative estimate of drug-likeness (QED) is 0.389. The lowest BCUT2D eigenvalue weighted by Crippen LogP contribution is -2.17. The summed E-state index contributed by atoms with van der Waals surface area (Å²) in [7, 11) is 0. The maximum atomic E-state index is 8.83. The van der Waals surface area contributed by atoms with Crippen molar-refractivity contribution < 1.29 is 9.94 Å². The van der Waals surface area contributed by atoms with Crippen molar-refractivity contribution in [3.05, 3.63) is 57.7 Å². The Morgan fingerprint density at radius 1 is 1.45 bits per heavy atom. The van der Waals surface area contributed by atoms with Gasteiger partial charge in [-0.1, -0.05) is 33.2 Å².